The van der Waals surface area contributed by atoms with E-state index in [-0.39, 0.29) is 17.4 Å². The van der Waals surface area contributed by atoms with E-state index < -0.39 is 11.4 Å². The van der Waals surface area contributed by atoms with E-state index in [4.69, 9.17) is 5.11 Å². The number of hydrogen-bond donors (Lipinski definition) is 3. The van der Waals surface area contributed by atoms with Crippen LogP contribution in [0.25, 0.3) is 0 Å². The maximum atomic E-state index is 11.9. The van der Waals surface area contributed by atoms with Gasteiger partial charge in [-0.25, -0.2) is 4.79 Å². The minimum absolute atomic E-state index is 0.149. The van der Waals surface area contributed by atoms with Crippen LogP contribution in [0.3, 0.4) is 0 Å². The van der Waals surface area contributed by atoms with Crippen molar-refractivity contribution in [1.29, 1.82) is 0 Å². The molecule has 0 unspecified atom stereocenters. The predicted molar refractivity (Wildman–Crippen MR) is 73.7 cm³/mol. The van der Waals surface area contributed by atoms with Crippen LogP contribution in [0.15, 0.2) is 10.2 Å². The third-order valence-corrected chi connectivity index (χ3v) is 4.39. The first-order valence-electron chi connectivity index (χ1n) is 6.33. The van der Waals surface area contributed by atoms with Gasteiger partial charge in [-0.2, -0.15) is 0 Å². The Morgan fingerprint density at radius 2 is 2.15 bits per heavy atom. The Kier molecular flexibility index (Phi) is 4.12. The van der Waals surface area contributed by atoms with Crippen LogP contribution < -0.4 is 10.2 Å². The summed E-state index contributed by atoms with van der Waals surface area (Å²) in [4.78, 5) is 38.1. The number of nitrogens with zero attached hydrogens (tertiary/aromatic N) is 1. The Morgan fingerprint density at radius 1 is 1.50 bits per heavy atom. The van der Waals surface area contributed by atoms with Gasteiger partial charge in [0.05, 0.1) is 12.0 Å². The molecule has 8 heteroatoms. The first-order chi connectivity index (χ1) is 9.40. The van der Waals surface area contributed by atoms with Gasteiger partial charge in [0.1, 0.15) is 0 Å². The number of thiazole rings is 1. The summed E-state index contributed by atoms with van der Waals surface area (Å²) in [6.45, 7) is 2.83. The number of carbonyl (C=O) groups excluding carboxylic acids is 1. The number of hydrogen-bond acceptors (Lipinski definition) is 4. The molecule has 20 heavy (non-hydrogen) atoms. The monoisotopic (exact) mass is 299 g/mol. The van der Waals surface area contributed by atoms with Gasteiger partial charge < -0.3 is 20.3 Å². The molecule has 110 valence electrons. The molecule has 7 nitrogen and oxygen atoms in total. The summed E-state index contributed by atoms with van der Waals surface area (Å²) in [5, 5.41) is 13.5. The Hall–Kier alpha value is -1.83. The molecule has 1 saturated heterocycles. The van der Waals surface area contributed by atoms with Crippen LogP contribution in [0.2, 0.25) is 0 Å². The lowest BCUT2D eigenvalue weighted by molar-refractivity contribution is -0.150. The van der Waals surface area contributed by atoms with Crippen LogP contribution in [0.5, 0.6) is 0 Å². The van der Waals surface area contributed by atoms with Gasteiger partial charge in [0.15, 0.2) is 0 Å². The summed E-state index contributed by atoms with van der Waals surface area (Å²) in [5.41, 5.74) is -0.0734. The van der Waals surface area contributed by atoms with Gasteiger partial charge >= 0.3 is 16.9 Å². The van der Waals surface area contributed by atoms with Crippen molar-refractivity contribution in [3.05, 3.63) is 20.7 Å². The maximum absolute atomic E-state index is 11.9. The van der Waals surface area contributed by atoms with Crippen molar-refractivity contribution in [2.75, 3.05) is 13.1 Å². The number of carbonyl (C=O) groups is 2. The fourth-order valence-electron chi connectivity index (χ4n) is 2.10. The Balaban J connectivity index is 1.83. The van der Waals surface area contributed by atoms with Crippen LogP contribution in [0, 0.1) is 5.41 Å². The molecule has 1 aliphatic heterocycles. The van der Waals surface area contributed by atoms with Crippen molar-refractivity contribution in [2.45, 2.75) is 26.3 Å². The molecular weight excluding hydrogens is 282 g/mol. The highest BCUT2D eigenvalue weighted by atomic mass is 32.1. The van der Waals surface area contributed by atoms with Crippen LogP contribution in [-0.2, 0) is 11.3 Å². The number of urea groups is 1. The average molecular weight is 299 g/mol. The Morgan fingerprint density at radius 3 is 2.65 bits per heavy atom. The van der Waals surface area contributed by atoms with Gasteiger partial charge in [0, 0.05) is 24.2 Å². The third-order valence-electron chi connectivity index (χ3n) is 3.67. The lowest BCUT2D eigenvalue weighted by Crippen LogP contribution is -2.48. The smallest absolute Gasteiger partial charge is 0.317 e. The number of carboxylic acids is 1. The first kappa shape index (κ1) is 14.6. The molecule has 1 aromatic heterocycles. The Bertz CT molecular complexity index is 557. The zero-order valence-corrected chi connectivity index (χ0v) is 12.0. The molecule has 2 rings (SSSR count). The second kappa shape index (κ2) is 5.66. The standard InChI is InChI=1S/C12H17N3O4S/c1-12(9(16)17)2-4-15(5-3-12)10(18)13-6-8-7-20-11(19)14-8/h7H,2-6H2,1H3,(H,13,18)(H,14,19)(H,16,17). The van der Waals surface area contributed by atoms with E-state index in [9.17, 15) is 14.4 Å². The van der Waals surface area contributed by atoms with Crippen LogP contribution in [-0.4, -0.2) is 40.1 Å². The number of aliphatic carboxylic acids is 1. The number of aromatic nitrogens is 1. The normalized spacial score (nSPS) is 17.8. The van der Waals surface area contributed by atoms with Crippen LogP contribution >= 0.6 is 11.3 Å². The second-order valence-corrected chi connectivity index (χ2v) is 6.03. The molecule has 1 aromatic rings. The molecule has 0 aromatic carbocycles. The summed E-state index contributed by atoms with van der Waals surface area (Å²) < 4.78 is 0. The van der Waals surface area contributed by atoms with Crippen molar-refractivity contribution in [3.8, 4) is 0 Å². The van der Waals surface area contributed by atoms with Crippen molar-refractivity contribution in [1.82, 2.24) is 15.2 Å². The van der Waals surface area contributed by atoms with E-state index in [0.717, 1.165) is 11.3 Å². The molecule has 0 radical (unpaired) electrons. The summed E-state index contributed by atoms with van der Waals surface area (Å²) >= 11 is 1.05. The van der Waals surface area contributed by atoms with E-state index in [1.54, 1.807) is 17.2 Å². The number of likely N-dealkylation sites (tertiary alicyclic amines) is 1. The van der Waals surface area contributed by atoms with Gasteiger partial charge in [0.2, 0.25) is 0 Å². The molecule has 0 atom stereocenters. The SMILES string of the molecule is CC1(C(=O)O)CCN(C(=O)NCc2csc(=O)[nH]2)CC1. The number of carboxylic acid groups (broad SMARTS) is 1. The van der Waals surface area contributed by atoms with E-state index in [1.807, 2.05) is 0 Å². The summed E-state index contributed by atoms with van der Waals surface area (Å²) in [6.07, 6.45) is 0.899. The van der Waals surface area contributed by atoms with Gasteiger partial charge in [-0.05, 0) is 19.8 Å². The predicted octanol–water partition coefficient (Wildman–Crippen LogP) is 0.833. The number of piperidine rings is 1. The number of H-pyrrole nitrogens is 1. The lowest BCUT2D eigenvalue weighted by Gasteiger charge is -2.36. The lowest BCUT2D eigenvalue weighted by atomic mass is 9.80. The van der Waals surface area contributed by atoms with Gasteiger partial charge in [-0.3, -0.25) is 9.59 Å². The van der Waals surface area contributed by atoms with E-state index in [0.29, 0.717) is 31.6 Å². The summed E-state index contributed by atoms with van der Waals surface area (Å²) in [6, 6.07) is -0.232. The molecule has 0 saturated carbocycles. The molecule has 0 spiro atoms. The van der Waals surface area contributed by atoms with Gasteiger partial charge in [-0.1, -0.05) is 11.3 Å². The second-order valence-electron chi connectivity index (χ2n) is 5.18. The average Bonchev–Trinajstić information content (AvgIpc) is 2.82. The number of amides is 2. The number of nitrogens with one attached hydrogen (secondary N) is 2. The molecular formula is C12H17N3O4S. The van der Waals surface area contributed by atoms with Crippen LogP contribution in [0.1, 0.15) is 25.5 Å². The highest BCUT2D eigenvalue weighted by Gasteiger charge is 2.37. The van der Waals surface area contributed by atoms with Crippen molar-refractivity contribution in [2.24, 2.45) is 5.41 Å². The Labute approximate surface area is 119 Å². The highest BCUT2D eigenvalue weighted by molar-refractivity contribution is 7.07. The maximum Gasteiger partial charge on any atom is 0.317 e. The molecule has 1 fully saturated rings. The molecule has 3 N–H and O–H groups in total. The van der Waals surface area contributed by atoms with Crippen molar-refractivity contribution < 1.29 is 14.7 Å². The zero-order valence-electron chi connectivity index (χ0n) is 11.1. The summed E-state index contributed by atoms with van der Waals surface area (Å²) in [7, 11) is 0. The minimum Gasteiger partial charge on any atom is -0.481 e. The molecule has 1 aliphatic rings. The molecule has 2 amide bonds. The van der Waals surface area contributed by atoms with Crippen molar-refractivity contribution >= 4 is 23.3 Å². The molecule has 0 bridgehead atoms. The van der Waals surface area contributed by atoms with Crippen molar-refractivity contribution in [3.63, 3.8) is 0 Å². The van der Waals surface area contributed by atoms with E-state index >= 15 is 0 Å². The number of aromatic amines is 1. The van der Waals surface area contributed by atoms with Gasteiger partial charge in [-0.15, -0.1) is 0 Å². The van der Waals surface area contributed by atoms with E-state index in [2.05, 4.69) is 10.3 Å². The quantitative estimate of drug-likeness (QED) is 0.769. The summed E-state index contributed by atoms with van der Waals surface area (Å²) in [5.74, 6) is -0.812. The fourth-order valence-corrected chi connectivity index (χ4v) is 2.68. The van der Waals surface area contributed by atoms with Gasteiger partial charge in [0.25, 0.3) is 0 Å². The third kappa shape index (κ3) is 3.19. The molecule has 0 aliphatic carbocycles. The first-order valence-corrected chi connectivity index (χ1v) is 7.21. The van der Waals surface area contributed by atoms with Crippen LogP contribution in [0.4, 0.5) is 4.79 Å². The fraction of sp³-hybridized carbons (Fsp3) is 0.583. The highest BCUT2D eigenvalue weighted by Crippen LogP contribution is 2.30. The largest absolute Gasteiger partial charge is 0.481 e. The minimum atomic E-state index is -0.812. The zero-order chi connectivity index (χ0) is 14.8. The number of rotatable bonds is 3. The molecule has 2 heterocycles. The topological polar surface area (TPSA) is 102 Å². The van der Waals surface area contributed by atoms with E-state index in [1.165, 1.54) is 0 Å².